The second-order valence-electron chi connectivity index (χ2n) is 16.3. The van der Waals surface area contributed by atoms with E-state index in [4.69, 9.17) is 33.2 Å². The van der Waals surface area contributed by atoms with Crippen molar-refractivity contribution in [3.8, 4) is 0 Å². The van der Waals surface area contributed by atoms with Gasteiger partial charge in [0.05, 0.1) is 37.1 Å². The molecule has 296 valence electrons. The lowest BCUT2D eigenvalue weighted by Gasteiger charge is -2.48. The number of hydrogen-bond acceptors (Lipinski definition) is 11. The van der Waals surface area contributed by atoms with Gasteiger partial charge in [0, 0.05) is 38.2 Å². The van der Waals surface area contributed by atoms with Gasteiger partial charge in [-0.15, -0.1) is 0 Å². The fourth-order valence-electron chi connectivity index (χ4n) is 9.08. The van der Waals surface area contributed by atoms with Crippen molar-refractivity contribution >= 4 is 5.97 Å². The summed E-state index contributed by atoms with van der Waals surface area (Å²) in [6.45, 7) is 14.3. The molecule has 5 heterocycles. The van der Waals surface area contributed by atoms with Crippen LogP contribution in [0.5, 0.6) is 0 Å². The summed E-state index contributed by atoms with van der Waals surface area (Å²) in [7, 11) is 1.59. The summed E-state index contributed by atoms with van der Waals surface area (Å²) < 4.78 is 44.6. The monoisotopic (exact) mass is 742 g/mol. The zero-order valence-electron chi connectivity index (χ0n) is 32.7. The molecule has 11 nitrogen and oxygen atoms in total. The number of rotatable bonds is 6. The Balaban J connectivity index is 1.40. The zero-order valence-corrected chi connectivity index (χ0v) is 32.7. The molecule has 1 aliphatic carbocycles. The Hall–Kier alpha value is -2.19. The molecule has 6 aliphatic rings. The van der Waals surface area contributed by atoms with Crippen molar-refractivity contribution in [2.75, 3.05) is 13.7 Å². The fraction of sp³-hybridized carbons (Fsp3) is 0.738. The first-order valence-corrected chi connectivity index (χ1v) is 19.8. The molecule has 0 saturated carbocycles. The van der Waals surface area contributed by atoms with Gasteiger partial charge in [0.15, 0.2) is 12.1 Å². The Kier molecular flexibility index (Phi) is 12.6. The lowest BCUT2D eigenvalue weighted by Crippen LogP contribution is -2.58. The summed E-state index contributed by atoms with van der Waals surface area (Å²) in [6.07, 6.45) is 11.1. The molecule has 0 radical (unpaired) electrons. The third-order valence-electron chi connectivity index (χ3n) is 12.5. The third kappa shape index (κ3) is 8.07. The highest BCUT2D eigenvalue weighted by Gasteiger charge is 2.60. The smallest absolute Gasteiger partial charge is 0.316 e. The van der Waals surface area contributed by atoms with Crippen LogP contribution < -0.4 is 0 Å². The number of esters is 1. The van der Waals surface area contributed by atoms with E-state index < -0.39 is 72.3 Å². The largest absolute Gasteiger partial charge is 0.462 e. The molecule has 0 aromatic rings. The quantitative estimate of drug-likeness (QED) is 0.243. The van der Waals surface area contributed by atoms with Gasteiger partial charge in [-0.3, -0.25) is 4.79 Å². The summed E-state index contributed by atoms with van der Waals surface area (Å²) in [5.41, 5.74) is 0.276. The highest BCUT2D eigenvalue weighted by molar-refractivity contribution is 5.78. The molecule has 6 unspecified atom stereocenters. The number of aliphatic hydroxyl groups is 3. The molecule has 2 bridgehead atoms. The molecule has 0 amide bonds. The minimum atomic E-state index is -1.81. The van der Waals surface area contributed by atoms with E-state index in [9.17, 15) is 20.1 Å². The lowest BCUT2D eigenvalue weighted by molar-refractivity contribution is -0.300. The molecule has 16 atom stereocenters. The van der Waals surface area contributed by atoms with Crippen LogP contribution in [0.3, 0.4) is 0 Å². The summed E-state index contributed by atoms with van der Waals surface area (Å²) in [5.74, 6) is -2.44. The van der Waals surface area contributed by atoms with E-state index in [2.05, 4.69) is 46.8 Å². The standard InChI is InChI=1S/C42H62O11/c1-9-23(3)37-25(5)16-17-41(53-37)21-31-19-30(52-41)15-14-28(10-2)38(51-34-20-33(47-8)36(44)27(7)49-34)24(4)12-11-13-29-22-48-39-35(43)26(6)18-32(40(45)50-31)42(29,39)46/h11-14,16-18,23-25,27,30-39,43-44,46H,9-10,15,19-22H2,1-8H3/b12-11+,28-14+,29-13+/t23-,24-,25-,27?,30+,31-,32?,33?,34?,35+,36?,37+,38-,39+,41?,42+/m0/s1. The highest BCUT2D eigenvalue weighted by atomic mass is 16.7. The average molecular weight is 743 g/mol. The van der Waals surface area contributed by atoms with Crippen molar-refractivity contribution in [3.63, 3.8) is 0 Å². The van der Waals surface area contributed by atoms with Crippen molar-refractivity contribution < 1.29 is 53.3 Å². The number of fused-ring (bicyclic) bond motifs is 2. The number of aliphatic hydroxyl groups excluding tert-OH is 2. The van der Waals surface area contributed by atoms with Gasteiger partial charge in [0.25, 0.3) is 0 Å². The van der Waals surface area contributed by atoms with Gasteiger partial charge >= 0.3 is 5.97 Å². The summed E-state index contributed by atoms with van der Waals surface area (Å²) in [4.78, 5) is 14.3. The van der Waals surface area contributed by atoms with Gasteiger partial charge in [-0.1, -0.05) is 77.5 Å². The molecule has 0 aromatic carbocycles. The minimum Gasteiger partial charge on any atom is -0.462 e. The van der Waals surface area contributed by atoms with Gasteiger partial charge in [-0.25, -0.2) is 0 Å². The van der Waals surface area contributed by atoms with Crippen LogP contribution in [0.25, 0.3) is 0 Å². The predicted octanol–water partition coefficient (Wildman–Crippen LogP) is 5.23. The first kappa shape index (κ1) is 40.5. The Morgan fingerprint density at radius 3 is 2.55 bits per heavy atom. The van der Waals surface area contributed by atoms with E-state index in [1.54, 1.807) is 26.2 Å². The van der Waals surface area contributed by atoms with E-state index >= 15 is 0 Å². The van der Waals surface area contributed by atoms with Crippen LogP contribution in [0.2, 0.25) is 0 Å². The fourth-order valence-corrected chi connectivity index (χ4v) is 9.08. The number of allylic oxidation sites excluding steroid dienone is 2. The van der Waals surface area contributed by atoms with Crippen LogP contribution in [0.15, 0.2) is 59.3 Å². The number of hydrogen-bond donors (Lipinski definition) is 3. The van der Waals surface area contributed by atoms with Crippen molar-refractivity contribution in [1.29, 1.82) is 0 Å². The maximum absolute atomic E-state index is 14.3. The molecule has 3 saturated heterocycles. The van der Waals surface area contributed by atoms with E-state index in [0.29, 0.717) is 43.3 Å². The van der Waals surface area contributed by atoms with E-state index in [1.807, 2.05) is 25.2 Å². The number of ether oxygens (including phenoxy) is 7. The normalized spacial score (nSPS) is 48.1. The zero-order chi connectivity index (χ0) is 38.2. The van der Waals surface area contributed by atoms with E-state index in [1.165, 1.54) is 0 Å². The van der Waals surface area contributed by atoms with Gasteiger partial charge in [0.1, 0.15) is 35.9 Å². The first-order chi connectivity index (χ1) is 25.2. The number of methoxy groups -OCH3 is 1. The Morgan fingerprint density at radius 2 is 1.83 bits per heavy atom. The van der Waals surface area contributed by atoms with Crippen LogP contribution in [0.4, 0.5) is 0 Å². The lowest BCUT2D eigenvalue weighted by atomic mass is 9.71. The second-order valence-corrected chi connectivity index (χ2v) is 16.3. The second kappa shape index (κ2) is 16.5. The summed E-state index contributed by atoms with van der Waals surface area (Å²) >= 11 is 0. The molecule has 53 heavy (non-hydrogen) atoms. The molecule has 5 aliphatic heterocycles. The molecular formula is C42H62O11. The van der Waals surface area contributed by atoms with Crippen molar-refractivity contribution in [2.24, 2.45) is 23.7 Å². The van der Waals surface area contributed by atoms with Crippen LogP contribution in [-0.4, -0.2) is 108 Å². The Morgan fingerprint density at radius 1 is 1.06 bits per heavy atom. The summed E-state index contributed by atoms with van der Waals surface area (Å²) in [5, 5.41) is 34.2. The van der Waals surface area contributed by atoms with Crippen molar-refractivity contribution in [2.45, 2.75) is 160 Å². The SMILES string of the molecule is CC/C1=C\C[C@@H]2C[C@@H](CC3(C=C[C@H](C)[C@@H]([C@@H](C)CC)O3)O2)OC(=O)C2C=C(C)[C@@H](O)[C@H]3OC/C(=C\C=C\[C@H](C)[C@@H]1OC1CC(OC)C(O)C(C)O1)[C@@]23O. The molecule has 3 N–H and O–H groups in total. The average Bonchev–Trinajstić information content (AvgIpc) is 3.47. The van der Waals surface area contributed by atoms with Gasteiger partial charge in [0.2, 0.25) is 0 Å². The van der Waals surface area contributed by atoms with Crippen LogP contribution in [-0.2, 0) is 38.0 Å². The van der Waals surface area contributed by atoms with Gasteiger partial charge in [-0.2, -0.15) is 0 Å². The van der Waals surface area contributed by atoms with Crippen LogP contribution in [0.1, 0.15) is 87.0 Å². The molecule has 1 spiro atoms. The molecule has 0 aromatic heterocycles. The van der Waals surface area contributed by atoms with E-state index in [-0.39, 0.29) is 36.6 Å². The van der Waals surface area contributed by atoms with E-state index in [0.717, 1.165) is 12.0 Å². The first-order valence-electron chi connectivity index (χ1n) is 19.8. The van der Waals surface area contributed by atoms with Gasteiger partial charge in [-0.05, 0) is 55.4 Å². The Bertz CT molecular complexity index is 1470. The topological polar surface area (TPSA) is 142 Å². The van der Waals surface area contributed by atoms with Crippen molar-refractivity contribution in [3.05, 3.63) is 59.3 Å². The maximum Gasteiger partial charge on any atom is 0.316 e. The summed E-state index contributed by atoms with van der Waals surface area (Å²) in [6, 6.07) is 0. The Labute approximate surface area is 315 Å². The third-order valence-corrected chi connectivity index (χ3v) is 12.5. The number of carbonyl (C=O) groups excluding carboxylic acids is 1. The highest BCUT2D eigenvalue weighted by Crippen LogP contribution is 2.47. The van der Waals surface area contributed by atoms with Gasteiger partial charge < -0.3 is 48.5 Å². The van der Waals surface area contributed by atoms with Crippen molar-refractivity contribution in [1.82, 2.24) is 0 Å². The van der Waals surface area contributed by atoms with Crippen LogP contribution >= 0.6 is 0 Å². The maximum atomic E-state index is 14.3. The molecule has 3 fully saturated rings. The molecule has 6 rings (SSSR count). The minimum absolute atomic E-state index is 0.0483. The number of carbonyl (C=O) groups is 1. The predicted molar refractivity (Wildman–Crippen MR) is 197 cm³/mol. The molecular weight excluding hydrogens is 680 g/mol. The molecule has 11 heteroatoms. The van der Waals surface area contributed by atoms with Crippen LogP contribution in [0, 0.1) is 23.7 Å².